The molecule has 260 valence electrons. The van der Waals surface area contributed by atoms with Crippen molar-refractivity contribution < 1.29 is 33.2 Å². The number of rotatable bonds is 15. The third-order valence-electron chi connectivity index (χ3n) is 8.10. The van der Waals surface area contributed by atoms with Crippen molar-refractivity contribution in [2.45, 2.75) is 70.7 Å². The number of nitrogens with zero attached hydrogens (tertiary/aromatic N) is 3. The molecule has 2 aromatic heterocycles. The van der Waals surface area contributed by atoms with Gasteiger partial charge in [0.25, 0.3) is 0 Å². The van der Waals surface area contributed by atoms with Gasteiger partial charge in [0.1, 0.15) is 17.1 Å². The number of hydrogen-bond donors (Lipinski definition) is 0. The summed E-state index contributed by atoms with van der Waals surface area (Å²) in [7, 11) is 1.66. The predicted molar refractivity (Wildman–Crippen MR) is 185 cm³/mol. The molecule has 5 rings (SSSR count). The van der Waals surface area contributed by atoms with Gasteiger partial charge in [0, 0.05) is 42.7 Å². The third-order valence-corrected chi connectivity index (χ3v) is 8.10. The number of ether oxygens (including phenoxy) is 6. The molecule has 3 atom stereocenters. The number of hydrogen-bond acceptors (Lipinski definition) is 9. The molecule has 1 unspecified atom stereocenters. The van der Waals surface area contributed by atoms with Gasteiger partial charge in [-0.15, -0.1) is 0 Å². The second-order valence-electron chi connectivity index (χ2n) is 13.0. The van der Waals surface area contributed by atoms with E-state index in [2.05, 4.69) is 22.1 Å². The number of aromatic nitrogens is 2. The van der Waals surface area contributed by atoms with E-state index in [0.717, 1.165) is 40.2 Å². The average molecular weight is 670 g/mol. The van der Waals surface area contributed by atoms with Crippen molar-refractivity contribution in [1.29, 1.82) is 0 Å². The number of pyridine rings is 2. The zero-order chi connectivity index (χ0) is 34.5. The summed E-state index contributed by atoms with van der Waals surface area (Å²) in [6.45, 7) is 8.61. The summed E-state index contributed by atoms with van der Waals surface area (Å²) in [5, 5.41) is 0. The lowest BCUT2D eigenvalue weighted by Crippen LogP contribution is -2.55. The van der Waals surface area contributed by atoms with E-state index >= 15 is 0 Å². The van der Waals surface area contributed by atoms with E-state index in [1.54, 1.807) is 36.8 Å². The first-order chi connectivity index (χ1) is 23.8. The summed E-state index contributed by atoms with van der Waals surface area (Å²) >= 11 is 0. The zero-order valence-corrected chi connectivity index (χ0v) is 28.8. The van der Waals surface area contributed by atoms with E-state index in [4.69, 9.17) is 28.4 Å². The monoisotopic (exact) mass is 669 g/mol. The maximum atomic E-state index is 13.4. The van der Waals surface area contributed by atoms with Crippen molar-refractivity contribution in [1.82, 2.24) is 14.9 Å². The summed E-state index contributed by atoms with van der Waals surface area (Å²) in [5.41, 5.74) is 3.41. The molecule has 0 saturated carbocycles. The number of methoxy groups -OCH3 is 1. The Morgan fingerprint density at radius 3 is 1.94 bits per heavy atom. The summed E-state index contributed by atoms with van der Waals surface area (Å²) in [6, 6.07) is 23.6. The molecule has 2 aromatic carbocycles. The molecule has 1 amide bonds. The van der Waals surface area contributed by atoms with Gasteiger partial charge >= 0.3 is 6.09 Å². The van der Waals surface area contributed by atoms with Crippen LogP contribution < -0.4 is 9.47 Å². The summed E-state index contributed by atoms with van der Waals surface area (Å²) < 4.78 is 36.3. The molecule has 0 bridgehead atoms. The molecule has 0 radical (unpaired) electrons. The average Bonchev–Trinajstić information content (AvgIpc) is 3.11. The Labute approximate surface area is 289 Å². The Bertz CT molecular complexity index is 1510. The van der Waals surface area contributed by atoms with Crippen LogP contribution in [-0.4, -0.2) is 72.2 Å². The van der Waals surface area contributed by atoms with Crippen LogP contribution in [0.15, 0.2) is 97.6 Å². The molecule has 1 aliphatic rings. The van der Waals surface area contributed by atoms with Crippen LogP contribution in [0, 0.1) is 0 Å². The van der Waals surface area contributed by atoms with Gasteiger partial charge < -0.3 is 33.3 Å². The van der Waals surface area contributed by atoms with Crippen molar-refractivity contribution in [2.75, 3.05) is 33.4 Å². The first-order valence-corrected chi connectivity index (χ1v) is 16.7. The highest BCUT2D eigenvalue weighted by atomic mass is 16.6. The molecular formula is C39H47N3O7. The lowest BCUT2D eigenvalue weighted by atomic mass is 9.84. The quantitative estimate of drug-likeness (QED) is 0.124. The molecule has 1 fully saturated rings. The van der Waals surface area contributed by atoms with Crippen LogP contribution in [0.3, 0.4) is 0 Å². The van der Waals surface area contributed by atoms with Crippen LogP contribution in [-0.2, 0) is 38.8 Å². The molecule has 1 saturated heterocycles. The number of carbonyl (C=O) groups is 1. The van der Waals surface area contributed by atoms with Crippen molar-refractivity contribution in [3.8, 4) is 11.5 Å². The second-order valence-corrected chi connectivity index (χ2v) is 13.0. The maximum absolute atomic E-state index is 13.4. The predicted octanol–water partition coefficient (Wildman–Crippen LogP) is 6.98. The minimum absolute atomic E-state index is 0.167. The van der Waals surface area contributed by atoms with Gasteiger partial charge in [0.15, 0.2) is 0 Å². The van der Waals surface area contributed by atoms with Crippen molar-refractivity contribution in [2.24, 2.45) is 0 Å². The van der Waals surface area contributed by atoms with Gasteiger partial charge in [-0.1, -0.05) is 30.3 Å². The number of amides is 1. The second kappa shape index (κ2) is 17.8. The van der Waals surface area contributed by atoms with Crippen LogP contribution in [0.5, 0.6) is 11.5 Å². The normalized spacial score (nSPS) is 17.8. The van der Waals surface area contributed by atoms with Crippen LogP contribution >= 0.6 is 0 Å². The van der Waals surface area contributed by atoms with E-state index < -0.39 is 11.7 Å². The topological polar surface area (TPSA) is 101 Å². The molecule has 0 spiro atoms. The van der Waals surface area contributed by atoms with Crippen LogP contribution in [0.1, 0.15) is 55.4 Å². The third kappa shape index (κ3) is 11.0. The van der Waals surface area contributed by atoms with Gasteiger partial charge in [-0.05, 0) is 79.9 Å². The number of piperidine rings is 1. The van der Waals surface area contributed by atoms with Crippen LogP contribution in [0.25, 0.3) is 0 Å². The van der Waals surface area contributed by atoms with Gasteiger partial charge in [-0.2, -0.15) is 0 Å². The Hall–Kier alpha value is -4.51. The van der Waals surface area contributed by atoms with Crippen molar-refractivity contribution in [3.05, 3.63) is 120 Å². The van der Waals surface area contributed by atoms with Crippen LogP contribution in [0.2, 0.25) is 0 Å². The van der Waals surface area contributed by atoms with E-state index in [1.165, 1.54) is 0 Å². The molecule has 3 heterocycles. The molecule has 10 nitrogen and oxygen atoms in total. The zero-order valence-electron chi connectivity index (χ0n) is 28.8. The number of benzene rings is 2. The maximum Gasteiger partial charge on any atom is 0.410 e. The highest BCUT2D eigenvalue weighted by Gasteiger charge is 2.42. The molecule has 49 heavy (non-hydrogen) atoms. The van der Waals surface area contributed by atoms with Gasteiger partial charge in [0.05, 0.1) is 65.4 Å². The largest absolute Gasteiger partial charge is 0.496 e. The number of carbonyl (C=O) groups excluding carboxylic acids is 1. The first-order valence-electron chi connectivity index (χ1n) is 16.7. The van der Waals surface area contributed by atoms with Crippen molar-refractivity contribution >= 4 is 6.09 Å². The fourth-order valence-electron chi connectivity index (χ4n) is 5.70. The SMILES string of the molecule is COc1ccccc1COCCCOc1ccc(C2[C@@H](OCc3ccncc3)CN(C(=O)OC(C)(C)C)C[C@H]2OCc2ccncc2)cc1. The fraction of sp³-hybridized carbons (Fsp3) is 0.410. The molecule has 0 N–H and O–H groups in total. The molecule has 0 aliphatic carbocycles. The van der Waals surface area contributed by atoms with Crippen molar-refractivity contribution in [3.63, 3.8) is 0 Å². The minimum atomic E-state index is -0.633. The summed E-state index contributed by atoms with van der Waals surface area (Å²) in [4.78, 5) is 23.3. The van der Waals surface area contributed by atoms with Gasteiger partial charge in [0.2, 0.25) is 0 Å². The Kier molecular flexibility index (Phi) is 13.0. The lowest BCUT2D eigenvalue weighted by Gasteiger charge is -2.43. The highest BCUT2D eigenvalue weighted by molar-refractivity contribution is 5.68. The molecule has 1 aliphatic heterocycles. The Morgan fingerprint density at radius 2 is 1.37 bits per heavy atom. The van der Waals surface area contributed by atoms with E-state index in [9.17, 15) is 4.79 Å². The first kappa shape index (κ1) is 35.8. The highest BCUT2D eigenvalue weighted by Crippen LogP contribution is 2.35. The van der Waals surface area contributed by atoms with E-state index in [-0.39, 0.29) is 18.1 Å². The Balaban J connectivity index is 1.27. The summed E-state index contributed by atoms with van der Waals surface area (Å²) in [5.74, 6) is 1.42. The smallest absolute Gasteiger partial charge is 0.410 e. The molecule has 4 aromatic rings. The van der Waals surface area contributed by atoms with Crippen LogP contribution in [0.4, 0.5) is 4.79 Å². The lowest BCUT2D eigenvalue weighted by molar-refractivity contribution is -0.100. The van der Waals surface area contributed by atoms with E-state index in [1.807, 2.05) is 81.4 Å². The van der Waals surface area contributed by atoms with E-state index in [0.29, 0.717) is 46.1 Å². The number of para-hydroxylation sites is 1. The minimum Gasteiger partial charge on any atom is -0.496 e. The Morgan fingerprint density at radius 1 is 0.776 bits per heavy atom. The molecule has 10 heteroatoms. The number of likely N-dealkylation sites (tertiary alicyclic amines) is 1. The standard InChI is InChI=1S/C39H47N3O7/c1-39(2,3)49-38(43)42-24-35(47-26-29-14-18-40-19-15-29)37(36(25-42)48-27-30-16-20-41-21-17-30)31-10-12-33(13-11-31)46-23-7-22-45-28-32-8-5-6-9-34(32)44-4/h5-6,8-21,35-37H,7,22-28H2,1-4H3/t35-,36+,37?. The fourth-order valence-corrected chi connectivity index (χ4v) is 5.70. The molecular weight excluding hydrogens is 622 g/mol. The summed E-state index contributed by atoms with van der Waals surface area (Å²) in [6.07, 6.45) is 6.60. The van der Waals surface area contributed by atoms with Gasteiger partial charge in [-0.3, -0.25) is 9.97 Å². The van der Waals surface area contributed by atoms with Gasteiger partial charge in [-0.25, -0.2) is 4.79 Å².